The van der Waals surface area contributed by atoms with Gasteiger partial charge in [0.25, 0.3) is 0 Å². The van der Waals surface area contributed by atoms with Gasteiger partial charge in [-0.1, -0.05) is 25.1 Å². The number of nitrogens with zero attached hydrogens (tertiary/aromatic N) is 2. The first kappa shape index (κ1) is 16.5. The number of hydrogen-bond donors (Lipinski definition) is 1. The molecule has 6 heteroatoms. The molecule has 1 fully saturated rings. The number of urea groups is 1. The molecule has 2 amide bonds. The van der Waals surface area contributed by atoms with Gasteiger partial charge < -0.3 is 14.7 Å². The molecule has 5 nitrogen and oxygen atoms in total. The van der Waals surface area contributed by atoms with Crippen LogP contribution in [0.4, 0.5) is 14.9 Å². The summed E-state index contributed by atoms with van der Waals surface area (Å²) in [5, 5.41) is 6.90. The van der Waals surface area contributed by atoms with Crippen molar-refractivity contribution in [2.24, 2.45) is 0 Å². The summed E-state index contributed by atoms with van der Waals surface area (Å²) in [7, 11) is 0. The molecule has 0 unspecified atom stereocenters. The molecule has 3 rings (SSSR count). The van der Waals surface area contributed by atoms with Crippen LogP contribution < -0.4 is 5.32 Å². The molecule has 1 aromatic heterocycles. The Balaban J connectivity index is 1.74. The minimum atomic E-state index is -0.330. The molecule has 1 saturated heterocycles. The predicted molar refractivity (Wildman–Crippen MR) is 89.4 cm³/mol. The van der Waals surface area contributed by atoms with Gasteiger partial charge in [-0.3, -0.25) is 0 Å². The lowest BCUT2D eigenvalue weighted by molar-refractivity contribution is 0.204. The van der Waals surface area contributed by atoms with E-state index in [0.29, 0.717) is 17.8 Å². The van der Waals surface area contributed by atoms with Gasteiger partial charge in [0.1, 0.15) is 17.3 Å². The lowest BCUT2D eigenvalue weighted by Gasteiger charge is -2.23. The van der Waals surface area contributed by atoms with Crippen molar-refractivity contribution in [3.8, 4) is 0 Å². The molecule has 128 valence electrons. The Hall–Kier alpha value is -2.37. The maximum Gasteiger partial charge on any atom is 0.322 e. The van der Waals surface area contributed by atoms with Crippen molar-refractivity contribution in [3.63, 3.8) is 0 Å². The number of anilines is 1. The Bertz CT molecular complexity index is 742. The van der Waals surface area contributed by atoms with E-state index in [2.05, 4.69) is 10.5 Å². The maximum absolute atomic E-state index is 13.6. The Morgan fingerprint density at radius 1 is 1.42 bits per heavy atom. The molecule has 1 aliphatic heterocycles. The van der Waals surface area contributed by atoms with Crippen LogP contribution in [0.5, 0.6) is 0 Å². The zero-order valence-electron chi connectivity index (χ0n) is 14.2. The second-order valence-corrected chi connectivity index (χ2v) is 6.55. The molecule has 1 aromatic carbocycles. The largest absolute Gasteiger partial charge is 0.361 e. The highest BCUT2D eigenvalue weighted by molar-refractivity contribution is 5.89. The SMILES string of the molecule is Cc1ccc(NC(=O)N2CCC[C@H]2c2cc(C(C)C)on2)cc1F. The molecule has 2 heterocycles. The summed E-state index contributed by atoms with van der Waals surface area (Å²) >= 11 is 0. The quantitative estimate of drug-likeness (QED) is 0.893. The van der Waals surface area contributed by atoms with Gasteiger partial charge in [0.15, 0.2) is 0 Å². The highest BCUT2D eigenvalue weighted by Gasteiger charge is 2.32. The first-order valence-corrected chi connectivity index (χ1v) is 8.26. The molecule has 1 N–H and O–H groups in total. The van der Waals surface area contributed by atoms with Gasteiger partial charge in [-0.15, -0.1) is 0 Å². The maximum atomic E-state index is 13.6. The van der Waals surface area contributed by atoms with Crippen LogP contribution in [0, 0.1) is 12.7 Å². The topological polar surface area (TPSA) is 58.4 Å². The molecular formula is C18H22FN3O2. The van der Waals surface area contributed by atoms with Crippen molar-refractivity contribution < 1.29 is 13.7 Å². The molecular weight excluding hydrogens is 309 g/mol. The number of hydrogen-bond acceptors (Lipinski definition) is 3. The fraction of sp³-hybridized carbons (Fsp3) is 0.444. The zero-order valence-corrected chi connectivity index (χ0v) is 14.2. The number of carbonyl (C=O) groups is 1. The van der Waals surface area contributed by atoms with Crippen molar-refractivity contribution in [1.29, 1.82) is 0 Å². The minimum Gasteiger partial charge on any atom is -0.361 e. The number of carbonyl (C=O) groups excluding carboxylic acids is 1. The van der Waals surface area contributed by atoms with Gasteiger partial charge in [0.05, 0.1) is 6.04 Å². The molecule has 1 atom stereocenters. The fourth-order valence-electron chi connectivity index (χ4n) is 2.92. The second kappa shape index (κ2) is 6.63. The Morgan fingerprint density at radius 2 is 2.21 bits per heavy atom. The lowest BCUT2D eigenvalue weighted by atomic mass is 10.1. The summed E-state index contributed by atoms with van der Waals surface area (Å²) < 4.78 is 19.0. The summed E-state index contributed by atoms with van der Waals surface area (Å²) in [6.45, 7) is 6.41. The van der Waals surface area contributed by atoms with E-state index in [4.69, 9.17) is 4.52 Å². The lowest BCUT2D eigenvalue weighted by Crippen LogP contribution is -2.34. The summed E-state index contributed by atoms with van der Waals surface area (Å²) in [5.41, 5.74) is 1.79. The van der Waals surface area contributed by atoms with Gasteiger partial charge in [0.2, 0.25) is 0 Å². The fourth-order valence-corrected chi connectivity index (χ4v) is 2.92. The van der Waals surface area contributed by atoms with Gasteiger partial charge in [-0.05, 0) is 37.5 Å². The second-order valence-electron chi connectivity index (χ2n) is 6.55. The van der Waals surface area contributed by atoms with E-state index < -0.39 is 0 Å². The van der Waals surface area contributed by atoms with Crippen molar-refractivity contribution in [1.82, 2.24) is 10.1 Å². The number of aryl methyl sites for hydroxylation is 1. The summed E-state index contributed by atoms with van der Waals surface area (Å²) in [6.07, 6.45) is 1.75. The Kier molecular flexibility index (Phi) is 4.55. The standard InChI is InChI=1S/C18H22FN3O2/c1-11(2)17-10-15(21-24-17)16-5-4-8-22(16)18(23)20-13-7-6-12(3)14(19)9-13/h6-7,9-11,16H,4-5,8H2,1-3H3,(H,20,23)/t16-/m0/s1. The van der Waals surface area contributed by atoms with Crippen LogP contribution >= 0.6 is 0 Å². The van der Waals surface area contributed by atoms with Crippen molar-refractivity contribution >= 4 is 11.7 Å². The minimum absolute atomic E-state index is 0.100. The molecule has 0 radical (unpaired) electrons. The van der Waals surface area contributed by atoms with Crippen LogP contribution in [0.3, 0.4) is 0 Å². The average Bonchev–Trinajstić information content (AvgIpc) is 3.18. The van der Waals surface area contributed by atoms with Crippen LogP contribution in [0.25, 0.3) is 0 Å². The number of nitrogens with one attached hydrogen (secondary N) is 1. The highest BCUT2D eigenvalue weighted by Crippen LogP contribution is 2.33. The normalized spacial score (nSPS) is 17.5. The third kappa shape index (κ3) is 3.27. The van der Waals surface area contributed by atoms with Crippen LogP contribution in [0.2, 0.25) is 0 Å². The number of halogens is 1. The molecule has 0 saturated carbocycles. The van der Waals surface area contributed by atoms with Crippen molar-refractivity contribution in [2.45, 2.75) is 45.6 Å². The van der Waals surface area contributed by atoms with Gasteiger partial charge >= 0.3 is 6.03 Å². The van der Waals surface area contributed by atoms with E-state index in [-0.39, 0.29) is 23.8 Å². The van der Waals surface area contributed by atoms with E-state index in [0.717, 1.165) is 24.3 Å². The van der Waals surface area contributed by atoms with Gasteiger partial charge in [0, 0.05) is 24.2 Å². The highest BCUT2D eigenvalue weighted by atomic mass is 19.1. The molecule has 1 aliphatic rings. The van der Waals surface area contributed by atoms with Crippen LogP contribution in [-0.4, -0.2) is 22.6 Å². The predicted octanol–water partition coefficient (Wildman–Crippen LogP) is 4.61. The first-order chi connectivity index (χ1) is 11.5. The number of likely N-dealkylation sites (tertiary alicyclic amines) is 1. The van der Waals surface area contributed by atoms with E-state index in [9.17, 15) is 9.18 Å². The number of amides is 2. The van der Waals surface area contributed by atoms with Crippen molar-refractivity contribution in [3.05, 3.63) is 47.1 Å². The smallest absolute Gasteiger partial charge is 0.322 e. The molecule has 0 bridgehead atoms. The number of rotatable bonds is 3. The van der Waals surface area contributed by atoms with Gasteiger partial charge in [-0.25, -0.2) is 9.18 Å². The summed E-state index contributed by atoms with van der Waals surface area (Å²) in [6, 6.07) is 6.27. The van der Waals surface area contributed by atoms with Crippen LogP contribution in [0.1, 0.15) is 55.7 Å². The molecule has 0 aliphatic carbocycles. The average molecular weight is 331 g/mol. The molecule has 0 spiro atoms. The van der Waals surface area contributed by atoms with E-state index in [1.165, 1.54) is 6.07 Å². The number of benzene rings is 1. The monoisotopic (exact) mass is 331 g/mol. The Morgan fingerprint density at radius 3 is 2.88 bits per heavy atom. The third-order valence-corrected chi connectivity index (χ3v) is 4.39. The van der Waals surface area contributed by atoms with Crippen molar-refractivity contribution in [2.75, 3.05) is 11.9 Å². The van der Waals surface area contributed by atoms with Gasteiger partial charge in [-0.2, -0.15) is 0 Å². The molecule has 2 aromatic rings. The summed E-state index contributed by atoms with van der Waals surface area (Å²) in [4.78, 5) is 14.3. The van der Waals surface area contributed by atoms with E-state index >= 15 is 0 Å². The van der Waals surface area contributed by atoms with Crippen LogP contribution in [0.15, 0.2) is 28.8 Å². The third-order valence-electron chi connectivity index (χ3n) is 4.39. The van der Waals surface area contributed by atoms with E-state index in [1.807, 2.05) is 19.9 Å². The van der Waals surface area contributed by atoms with E-state index in [1.54, 1.807) is 24.0 Å². The number of aromatic nitrogens is 1. The van der Waals surface area contributed by atoms with Crippen LogP contribution in [-0.2, 0) is 0 Å². The molecule has 24 heavy (non-hydrogen) atoms. The summed E-state index contributed by atoms with van der Waals surface area (Å²) in [5.74, 6) is 0.743. The Labute approximate surface area is 140 Å². The zero-order chi connectivity index (χ0) is 17.3. The first-order valence-electron chi connectivity index (χ1n) is 8.26.